The average Bonchev–Trinajstić information content (AvgIpc) is 2.77. The normalized spacial score (nSPS) is 10.6. The Labute approximate surface area is 111 Å². The molecule has 1 N–H and O–H groups in total. The number of aromatic amines is 1. The number of imidazole rings is 1. The molecule has 1 aromatic heterocycles. The van der Waals surface area contributed by atoms with Gasteiger partial charge in [0.1, 0.15) is 0 Å². The number of thiol groups is 1. The highest BCUT2D eigenvalue weighted by atomic mass is 32.1. The maximum atomic E-state index is 11.7. The molecule has 0 atom stereocenters. The number of nitrogens with one attached hydrogen (secondary N) is 1. The second-order valence-corrected chi connectivity index (χ2v) is 4.40. The lowest BCUT2D eigenvalue weighted by Gasteiger charge is -2.16. The van der Waals surface area contributed by atoms with E-state index < -0.39 is 6.09 Å². The van der Waals surface area contributed by atoms with Crippen LogP contribution < -0.4 is 4.90 Å². The van der Waals surface area contributed by atoms with Gasteiger partial charge in [-0.3, -0.25) is 0 Å². The van der Waals surface area contributed by atoms with Crippen LogP contribution in [0.3, 0.4) is 0 Å². The van der Waals surface area contributed by atoms with E-state index in [-0.39, 0.29) is 0 Å². The van der Waals surface area contributed by atoms with Crippen molar-refractivity contribution in [3.8, 4) is 0 Å². The predicted octanol–water partition coefficient (Wildman–Crippen LogP) is 2.83. The Morgan fingerprint density at radius 2 is 2.33 bits per heavy atom. The van der Waals surface area contributed by atoms with Crippen molar-refractivity contribution in [3.63, 3.8) is 0 Å². The maximum absolute atomic E-state index is 11.7. The van der Waals surface area contributed by atoms with Crippen LogP contribution in [0.2, 0.25) is 0 Å². The van der Waals surface area contributed by atoms with E-state index in [0.717, 1.165) is 22.3 Å². The average molecular weight is 265 g/mol. The smallest absolute Gasteiger partial charge is 0.416 e. The van der Waals surface area contributed by atoms with Gasteiger partial charge in [-0.2, -0.15) is 0 Å². The number of carbonyl (C=O) groups excluding carboxylic acids is 1. The van der Waals surface area contributed by atoms with Gasteiger partial charge in [0.25, 0.3) is 0 Å². The Balaban J connectivity index is 2.41. The number of anilines is 1. The molecule has 0 saturated carbocycles. The van der Waals surface area contributed by atoms with E-state index in [0.29, 0.717) is 12.5 Å². The summed E-state index contributed by atoms with van der Waals surface area (Å²) in [6, 6.07) is 5.60. The number of hydrogen-bond donors (Lipinski definition) is 2. The van der Waals surface area contributed by atoms with Gasteiger partial charge in [0, 0.05) is 11.4 Å². The summed E-state index contributed by atoms with van der Waals surface area (Å²) in [6.45, 7) is 2.55. The zero-order valence-electron chi connectivity index (χ0n) is 10.3. The lowest BCUT2D eigenvalue weighted by atomic mass is 10.3. The molecule has 0 radical (unpaired) electrons. The topological polar surface area (TPSA) is 58.2 Å². The first-order valence-electron chi connectivity index (χ1n) is 5.70. The maximum Gasteiger partial charge on any atom is 0.416 e. The number of rotatable bonds is 3. The monoisotopic (exact) mass is 265 g/mol. The molecular formula is C12H15N3O2S. The molecule has 1 aromatic carbocycles. The number of nitrogens with zero attached hydrogens (tertiary/aromatic N) is 2. The number of hydrogen-bond acceptors (Lipinski definition) is 4. The molecule has 0 aliphatic rings. The molecule has 0 unspecified atom stereocenters. The summed E-state index contributed by atoms with van der Waals surface area (Å²) in [6.07, 6.45) is 0.409. The minimum absolute atomic E-state index is 0.415. The number of fused-ring (bicyclic) bond motifs is 1. The summed E-state index contributed by atoms with van der Waals surface area (Å²) in [7, 11) is 1.36. The molecule has 18 heavy (non-hydrogen) atoms. The summed E-state index contributed by atoms with van der Waals surface area (Å²) < 4.78 is 4.75. The molecular weight excluding hydrogens is 250 g/mol. The van der Waals surface area contributed by atoms with Crippen molar-refractivity contribution in [3.05, 3.63) is 18.2 Å². The molecule has 0 spiro atoms. The van der Waals surface area contributed by atoms with Gasteiger partial charge in [0.05, 0.1) is 18.1 Å². The molecule has 5 nitrogen and oxygen atoms in total. The SMILES string of the molecule is CCCN(C(=O)OC)c1nc2cc(S)ccc2[nH]1. The van der Waals surface area contributed by atoms with E-state index in [4.69, 9.17) is 4.74 Å². The fourth-order valence-corrected chi connectivity index (χ4v) is 1.92. The third kappa shape index (κ3) is 2.43. The molecule has 0 aliphatic heterocycles. The van der Waals surface area contributed by atoms with Gasteiger partial charge >= 0.3 is 6.09 Å². The first kappa shape index (κ1) is 12.8. The highest BCUT2D eigenvalue weighted by Crippen LogP contribution is 2.20. The summed E-state index contributed by atoms with van der Waals surface area (Å²) in [4.78, 5) is 21.5. The zero-order valence-corrected chi connectivity index (χ0v) is 11.2. The van der Waals surface area contributed by atoms with Crippen molar-refractivity contribution in [1.29, 1.82) is 0 Å². The summed E-state index contributed by atoms with van der Waals surface area (Å²) in [5, 5.41) is 0. The van der Waals surface area contributed by atoms with Crippen molar-refractivity contribution >= 4 is 35.7 Å². The van der Waals surface area contributed by atoms with Crippen molar-refractivity contribution in [1.82, 2.24) is 9.97 Å². The summed E-state index contributed by atoms with van der Waals surface area (Å²) in [5.74, 6) is 0.498. The number of carbonyl (C=O) groups is 1. The Kier molecular flexibility index (Phi) is 3.76. The number of benzene rings is 1. The number of amides is 1. The third-order valence-electron chi connectivity index (χ3n) is 2.55. The Morgan fingerprint density at radius 1 is 1.56 bits per heavy atom. The van der Waals surface area contributed by atoms with Crippen LogP contribution >= 0.6 is 12.6 Å². The van der Waals surface area contributed by atoms with Crippen molar-refractivity contribution < 1.29 is 9.53 Å². The zero-order chi connectivity index (χ0) is 13.1. The van der Waals surface area contributed by atoms with Gasteiger partial charge in [-0.1, -0.05) is 6.92 Å². The molecule has 1 amide bonds. The number of aromatic nitrogens is 2. The van der Waals surface area contributed by atoms with Crippen molar-refractivity contribution in [2.75, 3.05) is 18.6 Å². The molecule has 96 valence electrons. The molecule has 2 aromatic rings. The first-order chi connectivity index (χ1) is 8.65. The van der Waals surface area contributed by atoms with E-state index in [9.17, 15) is 4.79 Å². The molecule has 1 heterocycles. The minimum atomic E-state index is -0.415. The highest BCUT2D eigenvalue weighted by molar-refractivity contribution is 7.80. The third-order valence-corrected chi connectivity index (χ3v) is 2.83. The van der Waals surface area contributed by atoms with Crippen LogP contribution in [0.4, 0.5) is 10.7 Å². The summed E-state index contributed by atoms with van der Waals surface area (Å²) >= 11 is 4.26. The number of ether oxygens (including phenoxy) is 1. The second-order valence-electron chi connectivity index (χ2n) is 3.88. The molecule has 2 rings (SSSR count). The molecule has 0 bridgehead atoms. The lowest BCUT2D eigenvalue weighted by molar-refractivity contribution is 0.178. The van der Waals surface area contributed by atoms with E-state index in [2.05, 4.69) is 22.6 Å². The fraction of sp³-hybridized carbons (Fsp3) is 0.333. The van der Waals surface area contributed by atoms with Gasteiger partial charge < -0.3 is 9.72 Å². The lowest BCUT2D eigenvalue weighted by Crippen LogP contribution is -2.32. The van der Waals surface area contributed by atoms with Crippen molar-refractivity contribution in [2.45, 2.75) is 18.2 Å². The van der Waals surface area contributed by atoms with Crippen LogP contribution in [0.25, 0.3) is 11.0 Å². The van der Waals surface area contributed by atoms with Crippen molar-refractivity contribution in [2.24, 2.45) is 0 Å². The van der Waals surface area contributed by atoms with Gasteiger partial charge in [-0.05, 0) is 24.6 Å². The van der Waals surface area contributed by atoms with Crippen LogP contribution in [0, 0.1) is 0 Å². The van der Waals surface area contributed by atoms with Gasteiger partial charge in [-0.25, -0.2) is 14.7 Å². The molecule has 0 fully saturated rings. The van der Waals surface area contributed by atoms with E-state index >= 15 is 0 Å². The molecule has 6 heteroatoms. The van der Waals surface area contributed by atoms with Gasteiger partial charge in [-0.15, -0.1) is 12.6 Å². The Bertz CT molecular complexity index is 567. The van der Waals surface area contributed by atoms with Gasteiger partial charge in [0.15, 0.2) is 0 Å². The van der Waals surface area contributed by atoms with Crippen LogP contribution in [-0.2, 0) is 4.74 Å². The Hall–Kier alpha value is -1.69. The van der Waals surface area contributed by atoms with Crippen LogP contribution in [0.5, 0.6) is 0 Å². The highest BCUT2D eigenvalue weighted by Gasteiger charge is 2.18. The second kappa shape index (κ2) is 5.30. The van der Waals surface area contributed by atoms with E-state index in [1.165, 1.54) is 12.0 Å². The Morgan fingerprint density at radius 3 is 3.00 bits per heavy atom. The quantitative estimate of drug-likeness (QED) is 0.839. The first-order valence-corrected chi connectivity index (χ1v) is 6.14. The predicted molar refractivity (Wildman–Crippen MR) is 73.4 cm³/mol. The van der Waals surface area contributed by atoms with Gasteiger partial charge in [0.2, 0.25) is 5.95 Å². The largest absolute Gasteiger partial charge is 0.452 e. The van der Waals surface area contributed by atoms with Crippen LogP contribution in [0.15, 0.2) is 23.1 Å². The standard InChI is InChI=1S/C12H15N3O2S/c1-3-6-15(12(16)17-2)11-13-9-5-4-8(18)7-10(9)14-11/h4-5,7,18H,3,6H2,1-2H3,(H,13,14). The van der Waals surface area contributed by atoms with Crippen LogP contribution in [0.1, 0.15) is 13.3 Å². The number of H-pyrrole nitrogens is 1. The summed E-state index contributed by atoms with van der Waals surface area (Å²) in [5.41, 5.74) is 1.65. The minimum Gasteiger partial charge on any atom is -0.452 e. The van der Waals surface area contributed by atoms with E-state index in [1.54, 1.807) is 0 Å². The van der Waals surface area contributed by atoms with Crippen LogP contribution in [-0.4, -0.2) is 29.7 Å². The fourth-order valence-electron chi connectivity index (χ4n) is 1.73. The molecule has 0 aliphatic carbocycles. The molecule has 0 saturated heterocycles. The van der Waals surface area contributed by atoms with E-state index in [1.807, 2.05) is 25.1 Å². The number of methoxy groups -OCH3 is 1.